The van der Waals surface area contributed by atoms with Gasteiger partial charge in [0, 0.05) is 25.6 Å². The third kappa shape index (κ3) is 3.47. The average molecular weight is 317 g/mol. The van der Waals surface area contributed by atoms with Gasteiger partial charge in [0.1, 0.15) is 0 Å². The van der Waals surface area contributed by atoms with Crippen LogP contribution in [0.4, 0.5) is 0 Å². The SMILES string of the molecule is NCC1CCCN1C(=O)CCCCc1nc2ccccc2s1. The van der Waals surface area contributed by atoms with Crippen molar-refractivity contribution in [3.63, 3.8) is 0 Å². The Kier molecular flexibility index (Phi) is 5.05. The fraction of sp³-hybridized carbons (Fsp3) is 0.529. The molecule has 2 heterocycles. The van der Waals surface area contributed by atoms with Gasteiger partial charge < -0.3 is 10.6 Å². The fourth-order valence-corrected chi connectivity index (χ4v) is 4.14. The van der Waals surface area contributed by atoms with Gasteiger partial charge in [-0.1, -0.05) is 12.1 Å². The van der Waals surface area contributed by atoms with E-state index in [0.717, 1.165) is 44.2 Å². The van der Waals surface area contributed by atoms with Crippen molar-refractivity contribution in [1.82, 2.24) is 9.88 Å². The van der Waals surface area contributed by atoms with Crippen LogP contribution < -0.4 is 5.73 Å². The minimum absolute atomic E-state index is 0.275. The van der Waals surface area contributed by atoms with E-state index < -0.39 is 0 Å². The predicted octanol–water partition coefficient (Wildman–Crippen LogP) is 2.96. The van der Waals surface area contributed by atoms with Crippen molar-refractivity contribution in [2.24, 2.45) is 5.73 Å². The molecular weight excluding hydrogens is 294 g/mol. The maximum absolute atomic E-state index is 12.2. The van der Waals surface area contributed by atoms with Gasteiger partial charge in [0.2, 0.25) is 5.91 Å². The van der Waals surface area contributed by atoms with Gasteiger partial charge in [0.25, 0.3) is 0 Å². The molecule has 3 rings (SSSR count). The van der Waals surface area contributed by atoms with E-state index in [9.17, 15) is 4.79 Å². The van der Waals surface area contributed by atoms with Crippen LogP contribution in [0.25, 0.3) is 10.2 Å². The lowest BCUT2D eigenvalue weighted by atomic mass is 10.1. The number of carbonyl (C=O) groups is 1. The lowest BCUT2D eigenvalue weighted by Gasteiger charge is -2.23. The van der Waals surface area contributed by atoms with E-state index in [1.807, 2.05) is 17.0 Å². The molecular formula is C17H23N3OS. The molecule has 1 atom stereocenters. The molecule has 1 aliphatic heterocycles. The minimum atomic E-state index is 0.275. The second kappa shape index (κ2) is 7.20. The summed E-state index contributed by atoms with van der Waals surface area (Å²) in [5, 5.41) is 1.18. The average Bonchev–Trinajstić information content (AvgIpc) is 3.16. The molecule has 22 heavy (non-hydrogen) atoms. The second-order valence-electron chi connectivity index (χ2n) is 5.90. The number of rotatable bonds is 6. The highest BCUT2D eigenvalue weighted by molar-refractivity contribution is 7.18. The Morgan fingerprint density at radius 1 is 1.36 bits per heavy atom. The number of aromatic nitrogens is 1. The van der Waals surface area contributed by atoms with Crippen molar-refractivity contribution in [1.29, 1.82) is 0 Å². The maximum atomic E-state index is 12.2. The van der Waals surface area contributed by atoms with E-state index in [4.69, 9.17) is 5.73 Å². The van der Waals surface area contributed by atoms with Gasteiger partial charge in [-0.25, -0.2) is 4.98 Å². The van der Waals surface area contributed by atoms with Crippen molar-refractivity contribution in [2.75, 3.05) is 13.1 Å². The summed E-state index contributed by atoms with van der Waals surface area (Å²) in [6, 6.07) is 8.51. The quantitative estimate of drug-likeness (QED) is 0.833. The standard InChI is InChI=1S/C17H23N3OS/c18-12-13-6-5-11-20(13)17(21)10-4-3-9-16-19-14-7-1-2-8-15(14)22-16/h1-2,7-8,13H,3-6,9-12,18H2. The van der Waals surface area contributed by atoms with Crippen LogP contribution in [-0.2, 0) is 11.2 Å². The highest BCUT2D eigenvalue weighted by atomic mass is 32.1. The van der Waals surface area contributed by atoms with Crippen LogP contribution in [0.15, 0.2) is 24.3 Å². The van der Waals surface area contributed by atoms with E-state index >= 15 is 0 Å². The zero-order chi connectivity index (χ0) is 15.4. The molecule has 0 bridgehead atoms. The summed E-state index contributed by atoms with van der Waals surface area (Å²) < 4.78 is 1.25. The number of nitrogens with zero attached hydrogens (tertiary/aromatic N) is 2. The zero-order valence-electron chi connectivity index (χ0n) is 12.8. The summed E-state index contributed by atoms with van der Waals surface area (Å²) in [6.45, 7) is 1.48. The Hall–Kier alpha value is -1.46. The number of likely N-dealkylation sites (tertiary alicyclic amines) is 1. The van der Waals surface area contributed by atoms with Crippen LogP contribution in [0.1, 0.15) is 37.1 Å². The topological polar surface area (TPSA) is 59.2 Å². The third-order valence-corrected chi connectivity index (χ3v) is 5.44. The number of hydrogen-bond donors (Lipinski definition) is 1. The first-order chi connectivity index (χ1) is 10.8. The summed E-state index contributed by atoms with van der Waals surface area (Å²) in [5.74, 6) is 0.275. The lowest BCUT2D eigenvalue weighted by molar-refractivity contribution is -0.131. The molecule has 1 aromatic carbocycles. The van der Waals surface area contributed by atoms with E-state index in [2.05, 4.69) is 17.1 Å². The Bertz CT molecular complexity index is 607. The predicted molar refractivity (Wildman–Crippen MR) is 91.0 cm³/mol. The maximum Gasteiger partial charge on any atom is 0.222 e. The number of nitrogens with two attached hydrogens (primary N) is 1. The van der Waals surface area contributed by atoms with Crippen LogP contribution in [-0.4, -0.2) is 34.9 Å². The summed E-state index contributed by atoms with van der Waals surface area (Å²) in [5.41, 5.74) is 6.81. The molecule has 0 spiro atoms. The molecule has 2 N–H and O–H groups in total. The molecule has 4 nitrogen and oxygen atoms in total. The number of fused-ring (bicyclic) bond motifs is 1. The van der Waals surface area contributed by atoms with E-state index in [0.29, 0.717) is 13.0 Å². The number of hydrogen-bond acceptors (Lipinski definition) is 4. The van der Waals surface area contributed by atoms with E-state index in [1.54, 1.807) is 11.3 Å². The largest absolute Gasteiger partial charge is 0.338 e. The minimum Gasteiger partial charge on any atom is -0.338 e. The number of unbranched alkanes of at least 4 members (excludes halogenated alkanes) is 1. The molecule has 1 aliphatic rings. The van der Waals surface area contributed by atoms with E-state index in [1.165, 1.54) is 9.71 Å². The molecule has 1 unspecified atom stereocenters. The summed E-state index contributed by atoms with van der Waals surface area (Å²) >= 11 is 1.76. The van der Waals surface area contributed by atoms with Crippen LogP contribution >= 0.6 is 11.3 Å². The van der Waals surface area contributed by atoms with Gasteiger partial charge in [-0.3, -0.25) is 4.79 Å². The number of carbonyl (C=O) groups excluding carboxylic acids is 1. The van der Waals surface area contributed by atoms with Crippen molar-refractivity contribution >= 4 is 27.5 Å². The normalized spacial score (nSPS) is 18.2. The molecule has 1 saturated heterocycles. The molecule has 0 aliphatic carbocycles. The summed E-state index contributed by atoms with van der Waals surface area (Å²) in [4.78, 5) is 18.8. The number of aryl methyl sites for hydroxylation is 1. The van der Waals surface area contributed by atoms with Gasteiger partial charge in [-0.05, 0) is 44.2 Å². The van der Waals surface area contributed by atoms with Gasteiger partial charge in [-0.15, -0.1) is 11.3 Å². The fourth-order valence-electron chi connectivity index (χ4n) is 3.13. The molecule has 0 radical (unpaired) electrons. The van der Waals surface area contributed by atoms with Crippen molar-refractivity contribution in [3.8, 4) is 0 Å². The Morgan fingerprint density at radius 2 is 2.23 bits per heavy atom. The molecule has 1 amide bonds. The smallest absolute Gasteiger partial charge is 0.222 e. The van der Waals surface area contributed by atoms with Gasteiger partial charge in [0.15, 0.2) is 0 Å². The number of para-hydroxylation sites is 1. The first kappa shape index (κ1) is 15.4. The van der Waals surface area contributed by atoms with Crippen molar-refractivity contribution in [3.05, 3.63) is 29.3 Å². The highest BCUT2D eigenvalue weighted by Crippen LogP contribution is 2.23. The first-order valence-corrected chi connectivity index (χ1v) is 8.93. The number of benzene rings is 1. The lowest BCUT2D eigenvalue weighted by Crippen LogP contribution is -2.39. The number of amides is 1. The molecule has 1 fully saturated rings. The molecule has 2 aromatic rings. The van der Waals surface area contributed by atoms with E-state index in [-0.39, 0.29) is 11.9 Å². The summed E-state index contributed by atoms with van der Waals surface area (Å²) in [7, 11) is 0. The molecule has 118 valence electrons. The second-order valence-corrected chi connectivity index (χ2v) is 7.02. The van der Waals surface area contributed by atoms with Crippen LogP contribution in [0.2, 0.25) is 0 Å². The van der Waals surface area contributed by atoms with Gasteiger partial charge in [0.05, 0.1) is 15.2 Å². The van der Waals surface area contributed by atoms with Crippen LogP contribution in [0.5, 0.6) is 0 Å². The van der Waals surface area contributed by atoms with Crippen LogP contribution in [0, 0.1) is 0 Å². The Balaban J connectivity index is 1.44. The van der Waals surface area contributed by atoms with Gasteiger partial charge >= 0.3 is 0 Å². The number of thiazole rings is 1. The van der Waals surface area contributed by atoms with Gasteiger partial charge in [-0.2, -0.15) is 0 Å². The summed E-state index contributed by atoms with van der Waals surface area (Å²) in [6.07, 6.45) is 5.72. The monoisotopic (exact) mass is 317 g/mol. The molecule has 0 saturated carbocycles. The first-order valence-electron chi connectivity index (χ1n) is 8.12. The Labute approximate surface area is 135 Å². The third-order valence-electron chi connectivity index (χ3n) is 4.34. The Morgan fingerprint density at radius 3 is 3.05 bits per heavy atom. The zero-order valence-corrected chi connectivity index (χ0v) is 13.6. The molecule has 1 aromatic heterocycles. The highest BCUT2D eigenvalue weighted by Gasteiger charge is 2.26. The van der Waals surface area contributed by atoms with Crippen molar-refractivity contribution < 1.29 is 4.79 Å². The molecule has 5 heteroatoms. The van der Waals surface area contributed by atoms with Crippen molar-refractivity contribution in [2.45, 2.75) is 44.6 Å². The van der Waals surface area contributed by atoms with Crippen LogP contribution in [0.3, 0.4) is 0 Å².